The molecule has 2 heteroatoms. The molecule has 18 heavy (non-hydrogen) atoms. The number of nitrogens with one attached hydrogen (secondary N) is 1. The topological polar surface area (TPSA) is 15.3 Å². The van der Waals surface area contributed by atoms with Gasteiger partial charge in [0.15, 0.2) is 0 Å². The van der Waals surface area contributed by atoms with Crippen LogP contribution in [-0.4, -0.2) is 36.1 Å². The molecule has 1 saturated heterocycles. The van der Waals surface area contributed by atoms with Gasteiger partial charge in [0.25, 0.3) is 0 Å². The molecular formula is C16H32N2. The third-order valence-corrected chi connectivity index (χ3v) is 5.46. The maximum atomic E-state index is 3.71. The predicted molar refractivity (Wildman–Crippen MR) is 78.8 cm³/mol. The second-order valence-corrected chi connectivity index (χ2v) is 6.74. The molecule has 0 aromatic rings. The summed E-state index contributed by atoms with van der Waals surface area (Å²) in [6.07, 6.45) is 6.82. The van der Waals surface area contributed by atoms with Gasteiger partial charge in [0.05, 0.1) is 0 Å². The average Bonchev–Trinajstić information content (AvgIpc) is 2.68. The van der Waals surface area contributed by atoms with Crippen LogP contribution in [0.1, 0.15) is 59.8 Å². The van der Waals surface area contributed by atoms with E-state index < -0.39 is 0 Å². The molecule has 106 valence electrons. The minimum atomic E-state index is 0.769. The van der Waals surface area contributed by atoms with Crippen molar-refractivity contribution in [3.8, 4) is 0 Å². The van der Waals surface area contributed by atoms with Gasteiger partial charge in [-0.15, -0.1) is 0 Å². The first-order chi connectivity index (χ1) is 8.63. The van der Waals surface area contributed by atoms with E-state index in [2.05, 4.69) is 37.9 Å². The number of hydrogen-bond donors (Lipinski definition) is 1. The molecule has 5 atom stereocenters. The number of hydrogen-bond acceptors (Lipinski definition) is 2. The van der Waals surface area contributed by atoms with Crippen LogP contribution in [0.15, 0.2) is 0 Å². The van der Waals surface area contributed by atoms with E-state index in [1.165, 1.54) is 45.2 Å². The van der Waals surface area contributed by atoms with Crippen molar-refractivity contribution in [1.29, 1.82) is 0 Å². The zero-order valence-electron chi connectivity index (χ0n) is 12.8. The third kappa shape index (κ3) is 3.08. The van der Waals surface area contributed by atoms with Crippen LogP contribution in [0.4, 0.5) is 0 Å². The predicted octanol–water partition coefficient (Wildman–Crippen LogP) is 3.27. The summed E-state index contributed by atoms with van der Waals surface area (Å²) in [5.41, 5.74) is 0. The smallest absolute Gasteiger partial charge is 0.0126 e. The first-order valence-electron chi connectivity index (χ1n) is 8.12. The van der Waals surface area contributed by atoms with E-state index in [-0.39, 0.29) is 0 Å². The lowest BCUT2D eigenvalue weighted by Crippen LogP contribution is -2.52. The Morgan fingerprint density at radius 3 is 2.44 bits per heavy atom. The molecule has 0 aromatic carbocycles. The van der Waals surface area contributed by atoms with Crippen molar-refractivity contribution in [2.24, 2.45) is 11.8 Å². The van der Waals surface area contributed by atoms with E-state index in [1.807, 2.05) is 0 Å². The molecule has 2 fully saturated rings. The maximum absolute atomic E-state index is 3.71. The molecule has 1 aliphatic heterocycles. The van der Waals surface area contributed by atoms with E-state index in [4.69, 9.17) is 0 Å². The van der Waals surface area contributed by atoms with Crippen LogP contribution in [0.5, 0.6) is 0 Å². The molecule has 0 aromatic heterocycles. The Balaban J connectivity index is 1.85. The molecule has 1 heterocycles. The lowest BCUT2D eigenvalue weighted by atomic mass is 9.91. The zero-order chi connectivity index (χ0) is 13.1. The van der Waals surface area contributed by atoms with Gasteiger partial charge < -0.3 is 5.32 Å². The van der Waals surface area contributed by atoms with Crippen LogP contribution in [0, 0.1) is 11.8 Å². The molecule has 1 saturated carbocycles. The number of likely N-dealkylation sites (tertiary alicyclic amines) is 1. The largest absolute Gasteiger partial charge is 0.314 e. The first kappa shape index (κ1) is 14.3. The lowest BCUT2D eigenvalue weighted by molar-refractivity contribution is 0.0672. The van der Waals surface area contributed by atoms with Crippen molar-refractivity contribution in [3.05, 3.63) is 0 Å². The first-order valence-corrected chi connectivity index (χ1v) is 8.12. The van der Waals surface area contributed by atoms with Gasteiger partial charge in [-0.25, -0.2) is 0 Å². The molecule has 1 aliphatic carbocycles. The summed E-state index contributed by atoms with van der Waals surface area (Å²) in [6.45, 7) is 12.1. The van der Waals surface area contributed by atoms with E-state index in [0.717, 1.165) is 30.0 Å². The standard InChI is InChI=1S/C16H32N2/c1-5-9-17-15-8-10-18(13(3)11-15)16-7-6-12(2)14(16)4/h12-17H,5-11H2,1-4H3. The van der Waals surface area contributed by atoms with Crippen LogP contribution in [0.25, 0.3) is 0 Å². The highest BCUT2D eigenvalue weighted by Gasteiger charge is 2.38. The molecule has 1 N–H and O–H groups in total. The average molecular weight is 252 g/mol. The Morgan fingerprint density at radius 1 is 1.11 bits per heavy atom. The SMILES string of the molecule is CCCNC1CCN(C2CCC(C)C2C)C(C)C1. The molecule has 0 spiro atoms. The quantitative estimate of drug-likeness (QED) is 0.826. The van der Waals surface area contributed by atoms with Crippen LogP contribution in [0.3, 0.4) is 0 Å². The van der Waals surface area contributed by atoms with Crippen molar-refractivity contribution < 1.29 is 0 Å². The molecule has 0 radical (unpaired) electrons. The molecule has 5 unspecified atom stereocenters. The second kappa shape index (κ2) is 6.38. The molecule has 2 nitrogen and oxygen atoms in total. The highest BCUT2D eigenvalue weighted by Crippen LogP contribution is 2.37. The number of nitrogens with zero attached hydrogens (tertiary/aromatic N) is 1. The van der Waals surface area contributed by atoms with Gasteiger partial charge in [-0.05, 0) is 57.4 Å². The van der Waals surface area contributed by atoms with E-state index in [9.17, 15) is 0 Å². The van der Waals surface area contributed by atoms with Crippen molar-refractivity contribution in [1.82, 2.24) is 10.2 Å². The van der Waals surface area contributed by atoms with E-state index >= 15 is 0 Å². The van der Waals surface area contributed by atoms with Crippen molar-refractivity contribution in [2.75, 3.05) is 13.1 Å². The highest BCUT2D eigenvalue weighted by atomic mass is 15.2. The molecular weight excluding hydrogens is 220 g/mol. The Hall–Kier alpha value is -0.0800. The second-order valence-electron chi connectivity index (χ2n) is 6.74. The van der Waals surface area contributed by atoms with Gasteiger partial charge in [0.1, 0.15) is 0 Å². The van der Waals surface area contributed by atoms with Crippen molar-refractivity contribution >= 4 is 0 Å². The summed E-state index contributed by atoms with van der Waals surface area (Å²) in [6, 6.07) is 2.40. The summed E-state index contributed by atoms with van der Waals surface area (Å²) in [7, 11) is 0. The third-order valence-electron chi connectivity index (χ3n) is 5.46. The number of piperidine rings is 1. The van der Waals surface area contributed by atoms with Gasteiger partial charge in [-0.3, -0.25) is 4.90 Å². The summed E-state index contributed by atoms with van der Waals surface area (Å²) in [5.74, 6) is 1.82. The zero-order valence-corrected chi connectivity index (χ0v) is 12.8. The van der Waals surface area contributed by atoms with Gasteiger partial charge in [-0.1, -0.05) is 20.8 Å². The fourth-order valence-electron chi connectivity index (χ4n) is 4.02. The Kier molecular flexibility index (Phi) is 5.08. The van der Waals surface area contributed by atoms with Gasteiger partial charge >= 0.3 is 0 Å². The van der Waals surface area contributed by atoms with Crippen molar-refractivity contribution in [2.45, 2.75) is 77.9 Å². The fourth-order valence-corrected chi connectivity index (χ4v) is 4.02. The molecule has 2 rings (SSSR count). The normalized spacial score (nSPS) is 42.3. The van der Waals surface area contributed by atoms with E-state index in [1.54, 1.807) is 0 Å². The van der Waals surface area contributed by atoms with Crippen LogP contribution in [-0.2, 0) is 0 Å². The van der Waals surface area contributed by atoms with Gasteiger partial charge in [-0.2, -0.15) is 0 Å². The summed E-state index contributed by atoms with van der Waals surface area (Å²) < 4.78 is 0. The van der Waals surface area contributed by atoms with E-state index in [0.29, 0.717) is 0 Å². The number of rotatable bonds is 4. The Labute approximate surface area is 114 Å². The van der Waals surface area contributed by atoms with Gasteiger partial charge in [0.2, 0.25) is 0 Å². The van der Waals surface area contributed by atoms with Crippen LogP contribution in [0.2, 0.25) is 0 Å². The lowest BCUT2D eigenvalue weighted by Gasteiger charge is -2.43. The summed E-state index contributed by atoms with van der Waals surface area (Å²) in [4.78, 5) is 2.82. The molecule has 2 aliphatic rings. The van der Waals surface area contributed by atoms with Crippen LogP contribution >= 0.6 is 0 Å². The van der Waals surface area contributed by atoms with Crippen LogP contribution < -0.4 is 5.32 Å². The summed E-state index contributed by atoms with van der Waals surface area (Å²) >= 11 is 0. The van der Waals surface area contributed by atoms with Gasteiger partial charge in [0, 0.05) is 24.7 Å². The minimum Gasteiger partial charge on any atom is -0.314 e. The Morgan fingerprint density at radius 2 is 1.89 bits per heavy atom. The fraction of sp³-hybridized carbons (Fsp3) is 1.00. The monoisotopic (exact) mass is 252 g/mol. The Bertz CT molecular complexity index is 253. The maximum Gasteiger partial charge on any atom is 0.0126 e. The molecule has 0 bridgehead atoms. The molecule has 0 amide bonds. The minimum absolute atomic E-state index is 0.769. The highest BCUT2D eigenvalue weighted by molar-refractivity contribution is 4.93. The summed E-state index contributed by atoms with van der Waals surface area (Å²) in [5, 5.41) is 3.71. The van der Waals surface area contributed by atoms with Crippen molar-refractivity contribution in [3.63, 3.8) is 0 Å².